The van der Waals surface area contributed by atoms with Crippen molar-refractivity contribution in [3.8, 4) is 17.2 Å². The summed E-state index contributed by atoms with van der Waals surface area (Å²) in [6.07, 6.45) is -3.48. The number of hydrogen-bond donors (Lipinski definition) is 0. The van der Waals surface area contributed by atoms with Gasteiger partial charge in [-0.2, -0.15) is 8.78 Å². The van der Waals surface area contributed by atoms with Crippen LogP contribution in [0.15, 0.2) is 109 Å². The summed E-state index contributed by atoms with van der Waals surface area (Å²) in [7, 11) is 0. The molecule has 4 rings (SSSR count). The molecule has 0 aliphatic carbocycles. The van der Waals surface area contributed by atoms with E-state index in [2.05, 4.69) is 0 Å². The number of hydrogen-bond acceptors (Lipinski definition) is 3. The summed E-state index contributed by atoms with van der Waals surface area (Å²) in [5.74, 6) is 1.13. The van der Waals surface area contributed by atoms with Crippen LogP contribution in [0, 0.1) is 0 Å². The Labute approximate surface area is 185 Å². The van der Waals surface area contributed by atoms with Crippen LogP contribution in [-0.2, 0) is 19.3 Å². The van der Waals surface area contributed by atoms with E-state index in [4.69, 9.17) is 14.2 Å². The molecular formula is C27H22F2O3. The van der Waals surface area contributed by atoms with Gasteiger partial charge in [-0.05, 0) is 59.7 Å². The first-order valence-corrected chi connectivity index (χ1v) is 10.2. The van der Waals surface area contributed by atoms with Crippen molar-refractivity contribution in [3.63, 3.8) is 0 Å². The Balaban J connectivity index is 1.32. The molecule has 0 unspecified atom stereocenters. The highest BCUT2D eigenvalue weighted by molar-refractivity contribution is 5.34. The number of benzene rings is 4. The third kappa shape index (κ3) is 5.85. The van der Waals surface area contributed by atoms with Crippen molar-refractivity contribution >= 4 is 0 Å². The first kappa shape index (κ1) is 21.4. The van der Waals surface area contributed by atoms with Gasteiger partial charge in [0.1, 0.15) is 30.5 Å². The molecule has 0 saturated carbocycles. The van der Waals surface area contributed by atoms with E-state index in [0.29, 0.717) is 24.7 Å². The smallest absolute Gasteiger partial charge is 0.426 e. The first-order valence-electron chi connectivity index (χ1n) is 10.2. The highest BCUT2D eigenvalue weighted by atomic mass is 19.3. The molecule has 0 aromatic heterocycles. The summed E-state index contributed by atoms with van der Waals surface area (Å²) in [5, 5.41) is 0. The Morgan fingerprint density at radius 2 is 0.906 bits per heavy atom. The van der Waals surface area contributed by atoms with E-state index in [-0.39, 0.29) is 11.3 Å². The van der Waals surface area contributed by atoms with Crippen LogP contribution >= 0.6 is 0 Å². The molecule has 0 saturated heterocycles. The summed E-state index contributed by atoms with van der Waals surface area (Å²) < 4.78 is 45.5. The van der Waals surface area contributed by atoms with Gasteiger partial charge in [0, 0.05) is 0 Å². The van der Waals surface area contributed by atoms with E-state index in [1.807, 2.05) is 60.7 Å². The van der Waals surface area contributed by atoms with Gasteiger partial charge in [-0.1, -0.05) is 60.7 Å². The fraction of sp³-hybridized carbons (Fsp3) is 0.111. The summed E-state index contributed by atoms with van der Waals surface area (Å²) in [6.45, 7) is 0.766. The molecule has 0 spiro atoms. The Hall–Kier alpha value is -3.86. The minimum Gasteiger partial charge on any atom is -0.489 e. The van der Waals surface area contributed by atoms with E-state index < -0.39 is 6.11 Å². The lowest BCUT2D eigenvalue weighted by atomic mass is 10.2. The molecule has 0 amide bonds. The van der Waals surface area contributed by atoms with E-state index in [1.165, 1.54) is 36.4 Å². The highest BCUT2D eigenvalue weighted by Gasteiger charge is 2.34. The average molecular weight is 432 g/mol. The molecule has 4 aromatic carbocycles. The SMILES string of the molecule is FC(F)(Oc1ccc(OCc2ccccc2)cc1)c1ccc(OCc2ccccc2)cc1. The number of ether oxygens (including phenoxy) is 3. The van der Waals surface area contributed by atoms with Crippen molar-refractivity contribution in [1.82, 2.24) is 0 Å². The van der Waals surface area contributed by atoms with Crippen molar-refractivity contribution < 1.29 is 23.0 Å². The largest absolute Gasteiger partial charge is 0.489 e. The third-order valence-corrected chi connectivity index (χ3v) is 4.76. The van der Waals surface area contributed by atoms with Gasteiger partial charge in [0.2, 0.25) is 0 Å². The van der Waals surface area contributed by atoms with Gasteiger partial charge in [0.05, 0.1) is 5.56 Å². The monoisotopic (exact) mass is 432 g/mol. The molecular weight excluding hydrogens is 410 g/mol. The van der Waals surface area contributed by atoms with Crippen LogP contribution in [0.2, 0.25) is 0 Å². The fourth-order valence-corrected chi connectivity index (χ4v) is 3.04. The molecule has 0 N–H and O–H groups in total. The zero-order chi connectivity index (χ0) is 22.2. The van der Waals surface area contributed by atoms with Gasteiger partial charge in [0.25, 0.3) is 0 Å². The second-order valence-corrected chi connectivity index (χ2v) is 7.16. The predicted molar refractivity (Wildman–Crippen MR) is 119 cm³/mol. The lowest BCUT2D eigenvalue weighted by molar-refractivity contribution is -0.185. The number of alkyl halides is 2. The van der Waals surface area contributed by atoms with Crippen molar-refractivity contribution in [2.75, 3.05) is 0 Å². The molecule has 0 fully saturated rings. The third-order valence-electron chi connectivity index (χ3n) is 4.76. The molecule has 0 aliphatic rings. The maximum Gasteiger partial charge on any atom is 0.426 e. The second-order valence-electron chi connectivity index (χ2n) is 7.16. The summed E-state index contributed by atoms with van der Waals surface area (Å²) >= 11 is 0. The van der Waals surface area contributed by atoms with Crippen LogP contribution in [0.3, 0.4) is 0 Å². The van der Waals surface area contributed by atoms with Gasteiger partial charge >= 0.3 is 6.11 Å². The predicted octanol–water partition coefficient (Wildman–Crippen LogP) is 6.97. The van der Waals surface area contributed by atoms with E-state index in [0.717, 1.165) is 11.1 Å². The lowest BCUT2D eigenvalue weighted by Gasteiger charge is -2.19. The molecule has 0 radical (unpaired) electrons. The van der Waals surface area contributed by atoms with Crippen LogP contribution in [0.5, 0.6) is 17.2 Å². The van der Waals surface area contributed by atoms with Gasteiger partial charge in [0.15, 0.2) is 0 Å². The zero-order valence-corrected chi connectivity index (χ0v) is 17.3. The van der Waals surface area contributed by atoms with Crippen molar-refractivity contribution in [2.45, 2.75) is 19.3 Å². The van der Waals surface area contributed by atoms with E-state index >= 15 is 0 Å². The fourth-order valence-electron chi connectivity index (χ4n) is 3.04. The maximum atomic E-state index is 14.6. The van der Waals surface area contributed by atoms with Crippen LogP contribution < -0.4 is 14.2 Å². The Kier molecular flexibility index (Phi) is 6.66. The van der Waals surface area contributed by atoms with Gasteiger partial charge in [-0.15, -0.1) is 0 Å². The van der Waals surface area contributed by atoms with Crippen LogP contribution in [0.4, 0.5) is 8.78 Å². The topological polar surface area (TPSA) is 27.7 Å². The van der Waals surface area contributed by atoms with Crippen LogP contribution in [0.1, 0.15) is 16.7 Å². The molecule has 0 atom stereocenters. The highest BCUT2D eigenvalue weighted by Crippen LogP contribution is 2.33. The van der Waals surface area contributed by atoms with Crippen molar-refractivity contribution in [2.24, 2.45) is 0 Å². The number of halogens is 2. The molecule has 0 heterocycles. The molecule has 0 bridgehead atoms. The quantitative estimate of drug-likeness (QED) is 0.286. The van der Waals surface area contributed by atoms with Gasteiger partial charge < -0.3 is 14.2 Å². The summed E-state index contributed by atoms with van der Waals surface area (Å²) in [6, 6.07) is 31.1. The maximum absolute atomic E-state index is 14.6. The molecule has 5 heteroatoms. The average Bonchev–Trinajstić information content (AvgIpc) is 2.84. The molecule has 3 nitrogen and oxygen atoms in total. The van der Waals surface area contributed by atoms with Gasteiger partial charge in [-0.3, -0.25) is 0 Å². The van der Waals surface area contributed by atoms with Crippen molar-refractivity contribution in [1.29, 1.82) is 0 Å². The van der Waals surface area contributed by atoms with Crippen LogP contribution in [0.25, 0.3) is 0 Å². The normalized spacial score (nSPS) is 11.1. The van der Waals surface area contributed by atoms with E-state index in [9.17, 15) is 8.78 Å². The first-order chi connectivity index (χ1) is 15.6. The zero-order valence-electron chi connectivity index (χ0n) is 17.3. The Bertz CT molecular complexity index is 1100. The molecule has 32 heavy (non-hydrogen) atoms. The minimum atomic E-state index is -3.48. The summed E-state index contributed by atoms with van der Waals surface area (Å²) in [5.41, 5.74) is 1.77. The molecule has 0 aliphatic heterocycles. The standard InChI is InChI=1S/C27H22F2O3/c28-27(29,23-11-13-24(14-12-23)30-19-21-7-3-1-4-8-21)32-26-17-15-25(16-18-26)31-20-22-9-5-2-6-10-22/h1-18H,19-20H2. The molecule has 4 aromatic rings. The second kappa shape index (κ2) is 9.96. The minimum absolute atomic E-state index is 0.0477. The summed E-state index contributed by atoms with van der Waals surface area (Å²) in [4.78, 5) is 0. The Morgan fingerprint density at radius 1 is 0.500 bits per heavy atom. The lowest BCUT2D eigenvalue weighted by Crippen LogP contribution is -2.21. The van der Waals surface area contributed by atoms with Gasteiger partial charge in [-0.25, -0.2) is 0 Å². The molecule has 162 valence electrons. The van der Waals surface area contributed by atoms with E-state index in [1.54, 1.807) is 12.1 Å². The van der Waals surface area contributed by atoms with Crippen molar-refractivity contribution in [3.05, 3.63) is 126 Å². The van der Waals surface area contributed by atoms with Crippen LogP contribution in [-0.4, -0.2) is 0 Å². The number of rotatable bonds is 9. The Morgan fingerprint density at radius 3 is 1.38 bits per heavy atom.